The van der Waals surface area contributed by atoms with Crippen LogP contribution >= 0.6 is 0 Å². The van der Waals surface area contributed by atoms with Gasteiger partial charge in [-0.05, 0) is 13.1 Å². The number of aromatic carboxylic acids is 1. The number of carboxylic acids is 1. The maximum atomic E-state index is 15.5. The molecule has 5 heterocycles. The van der Waals surface area contributed by atoms with Crippen molar-refractivity contribution in [1.29, 1.82) is 0 Å². The van der Waals surface area contributed by atoms with Crippen molar-refractivity contribution in [2.75, 3.05) is 50.5 Å². The van der Waals surface area contributed by atoms with Gasteiger partial charge in [-0.2, -0.15) is 0 Å². The van der Waals surface area contributed by atoms with Crippen LogP contribution in [-0.2, 0) is 7.05 Å². The second-order valence-corrected chi connectivity index (χ2v) is 9.76. The molecular weight excluding hydrogens is 508 g/mol. The van der Waals surface area contributed by atoms with E-state index in [1.165, 1.54) is 10.8 Å². The Hall–Kier alpha value is -4.58. The molecule has 0 unspecified atom stereocenters. The minimum absolute atomic E-state index is 0.0791. The predicted octanol–water partition coefficient (Wildman–Crippen LogP) is 3.40. The molecule has 200 valence electrons. The molecule has 5 aromatic rings. The molecule has 39 heavy (non-hydrogen) atoms. The minimum Gasteiger partial charge on any atom is -0.477 e. The predicted molar refractivity (Wildman–Crippen MR) is 146 cm³/mol. The summed E-state index contributed by atoms with van der Waals surface area (Å²) in [5, 5.41) is 13.1. The second kappa shape index (κ2) is 9.02. The molecule has 0 bridgehead atoms. The number of benzene rings is 1. The van der Waals surface area contributed by atoms with E-state index >= 15 is 4.39 Å². The monoisotopic (exact) mass is 533 g/mol. The molecule has 0 spiro atoms. The number of pyridine rings is 3. The number of hydrogen-bond acceptors (Lipinski definition) is 7. The van der Waals surface area contributed by atoms with E-state index < -0.39 is 23.0 Å². The van der Waals surface area contributed by atoms with Crippen LogP contribution in [0.4, 0.5) is 20.2 Å². The molecule has 3 N–H and O–H groups in total. The lowest BCUT2D eigenvalue weighted by Crippen LogP contribution is -2.44. The first kappa shape index (κ1) is 24.7. The van der Waals surface area contributed by atoms with Gasteiger partial charge in [0.15, 0.2) is 11.6 Å². The highest BCUT2D eigenvalue weighted by molar-refractivity contribution is 6.18. The Bertz CT molecular complexity index is 1870. The quantitative estimate of drug-likeness (QED) is 0.322. The maximum Gasteiger partial charge on any atom is 0.341 e. The van der Waals surface area contributed by atoms with Crippen molar-refractivity contribution in [3.63, 3.8) is 0 Å². The van der Waals surface area contributed by atoms with Gasteiger partial charge in [0.05, 0.1) is 33.1 Å². The number of hydrogen-bond donors (Lipinski definition) is 3. The van der Waals surface area contributed by atoms with Crippen molar-refractivity contribution in [3.05, 3.63) is 58.1 Å². The first-order valence-electron chi connectivity index (χ1n) is 12.4. The molecule has 0 saturated carbocycles. The Morgan fingerprint density at radius 1 is 1.08 bits per heavy atom. The summed E-state index contributed by atoms with van der Waals surface area (Å²) >= 11 is 0. The van der Waals surface area contributed by atoms with Crippen molar-refractivity contribution in [2.45, 2.75) is 0 Å². The summed E-state index contributed by atoms with van der Waals surface area (Å²) in [4.78, 5) is 41.2. The van der Waals surface area contributed by atoms with E-state index in [0.29, 0.717) is 57.8 Å². The van der Waals surface area contributed by atoms with E-state index in [4.69, 9.17) is 0 Å². The Balaban J connectivity index is 1.70. The molecule has 12 heteroatoms. The Labute approximate surface area is 220 Å². The summed E-state index contributed by atoms with van der Waals surface area (Å²) in [6.07, 6.45) is 4.44. The van der Waals surface area contributed by atoms with Crippen molar-refractivity contribution in [1.82, 2.24) is 24.4 Å². The molecule has 0 aliphatic carbocycles. The lowest BCUT2D eigenvalue weighted by molar-refractivity contribution is 0.0695. The third-order valence-corrected chi connectivity index (χ3v) is 7.41. The molecule has 10 nitrogen and oxygen atoms in total. The number of nitrogens with one attached hydrogen (secondary N) is 2. The maximum absolute atomic E-state index is 15.5. The number of anilines is 2. The Kier molecular flexibility index (Phi) is 5.72. The number of aryl methyl sites for hydroxylation is 1. The molecule has 0 radical (unpaired) electrons. The van der Waals surface area contributed by atoms with Crippen LogP contribution in [0, 0.1) is 11.6 Å². The highest BCUT2D eigenvalue weighted by Crippen LogP contribution is 2.43. The number of nitrogens with zero attached hydrogens (tertiary/aromatic N) is 5. The number of piperazine rings is 1. The summed E-state index contributed by atoms with van der Waals surface area (Å²) in [5.74, 6) is -3.30. The largest absolute Gasteiger partial charge is 0.477 e. The molecule has 1 saturated heterocycles. The fourth-order valence-electron chi connectivity index (χ4n) is 5.37. The van der Waals surface area contributed by atoms with Crippen molar-refractivity contribution >= 4 is 50.3 Å². The Morgan fingerprint density at radius 2 is 1.82 bits per heavy atom. The van der Waals surface area contributed by atoms with Gasteiger partial charge < -0.3 is 29.8 Å². The number of aromatic nitrogens is 4. The van der Waals surface area contributed by atoms with Crippen molar-refractivity contribution in [2.24, 2.45) is 7.05 Å². The fourth-order valence-corrected chi connectivity index (χ4v) is 5.37. The molecule has 1 fully saturated rings. The van der Waals surface area contributed by atoms with E-state index in [-0.39, 0.29) is 16.3 Å². The van der Waals surface area contributed by atoms with Crippen LogP contribution in [0.25, 0.3) is 44.1 Å². The Morgan fingerprint density at radius 3 is 2.51 bits per heavy atom. The fraction of sp³-hybridized carbons (Fsp3) is 0.259. The molecule has 1 aromatic carbocycles. The van der Waals surface area contributed by atoms with Gasteiger partial charge in [0.25, 0.3) is 0 Å². The van der Waals surface area contributed by atoms with Crippen molar-refractivity contribution < 1.29 is 18.7 Å². The number of likely N-dealkylation sites (N-methyl/N-ethyl adjacent to an activating group) is 1. The third kappa shape index (κ3) is 3.78. The SMILES string of the molecule is CNc1cc(F)c(F)c2c1[nH]c1ncc(-c3cnc4c(c3)c(=O)c(C(=O)O)cn4C)c(N3CCN(C)CC3)c12. The van der Waals surface area contributed by atoms with Crippen LogP contribution in [0.15, 0.2) is 35.5 Å². The van der Waals surface area contributed by atoms with Crippen LogP contribution in [0.5, 0.6) is 0 Å². The second-order valence-electron chi connectivity index (χ2n) is 9.76. The highest BCUT2D eigenvalue weighted by Gasteiger charge is 2.27. The van der Waals surface area contributed by atoms with E-state index in [2.05, 4.69) is 30.1 Å². The number of rotatable bonds is 4. The van der Waals surface area contributed by atoms with Crippen LogP contribution in [0.2, 0.25) is 0 Å². The minimum atomic E-state index is -1.33. The summed E-state index contributed by atoms with van der Waals surface area (Å²) < 4.78 is 31.7. The van der Waals surface area contributed by atoms with E-state index in [9.17, 15) is 19.1 Å². The lowest BCUT2D eigenvalue weighted by atomic mass is 10.0. The van der Waals surface area contributed by atoms with Gasteiger partial charge in [0.1, 0.15) is 16.9 Å². The number of carboxylic acid groups (broad SMARTS) is 1. The smallest absolute Gasteiger partial charge is 0.341 e. The third-order valence-electron chi connectivity index (χ3n) is 7.41. The first-order valence-corrected chi connectivity index (χ1v) is 12.4. The van der Waals surface area contributed by atoms with Gasteiger partial charge in [-0.1, -0.05) is 0 Å². The number of H-pyrrole nitrogens is 1. The van der Waals surface area contributed by atoms with Gasteiger partial charge in [0.2, 0.25) is 5.43 Å². The molecule has 6 rings (SSSR count). The van der Waals surface area contributed by atoms with Gasteiger partial charge in [-0.3, -0.25) is 4.79 Å². The normalized spacial score (nSPS) is 14.5. The van der Waals surface area contributed by atoms with E-state index in [1.54, 1.807) is 32.6 Å². The summed E-state index contributed by atoms with van der Waals surface area (Å²) in [5.41, 5.74) is 2.19. The lowest BCUT2D eigenvalue weighted by Gasteiger charge is -2.35. The van der Waals surface area contributed by atoms with Crippen LogP contribution in [0.1, 0.15) is 10.4 Å². The summed E-state index contributed by atoms with van der Waals surface area (Å²) in [7, 11) is 5.26. The topological polar surface area (TPSA) is 119 Å². The number of carbonyl (C=O) groups is 1. The number of halogens is 2. The molecule has 1 aliphatic heterocycles. The summed E-state index contributed by atoms with van der Waals surface area (Å²) in [6.45, 7) is 2.75. The van der Waals surface area contributed by atoms with E-state index in [1.807, 2.05) is 7.05 Å². The number of aromatic amines is 1. The highest BCUT2D eigenvalue weighted by atomic mass is 19.2. The average molecular weight is 534 g/mol. The standard InChI is InChI=1S/C27H25F2N7O3/c1-30-18-9-17(28)21(29)19-20-23(36-6-4-34(2)5-7-36)15(11-31-25(20)33-22(18)19)13-8-14-24(37)16(27(38)39)12-35(3)26(14)32-10-13/h8-12,30H,4-7H2,1-3H3,(H,31,33)(H,38,39). The zero-order valence-corrected chi connectivity index (χ0v) is 21.5. The molecule has 1 aliphatic rings. The molecule has 4 aromatic heterocycles. The van der Waals surface area contributed by atoms with Gasteiger partial charge >= 0.3 is 5.97 Å². The van der Waals surface area contributed by atoms with Crippen LogP contribution < -0.4 is 15.6 Å². The molecular formula is C27H25F2N7O3. The van der Waals surface area contributed by atoms with Crippen LogP contribution in [-0.4, -0.2) is 75.8 Å². The molecule has 0 atom stereocenters. The van der Waals surface area contributed by atoms with E-state index in [0.717, 1.165) is 19.2 Å². The van der Waals surface area contributed by atoms with Crippen molar-refractivity contribution in [3.8, 4) is 11.1 Å². The van der Waals surface area contributed by atoms with Gasteiger partial charge in [0, 0.05) is 76.1 Å². The first-order chi connectivity index (χ1) is 18.7. The summed E-state index contributed by atoms with van der Waals surface area (Å²) in [6, 6.07) is 2.69. The van der Waals surface area contributed by atoms with Gasteiger partial charge in [-0.15, -0.1) is 0 Å². The zero-order chi connectivity index (χ0) is 27.6. The average Bonchev–Trinajstić information content (AvgIpc) is 3.32. The van der Waals surface area contributed by atoms with Crippen LogP contribution in [0.3, 0.4) is 0 Å². The number of fused-ring (bicyclic) bond motifs is 4. The zero-order valence-electron chi connectivity index (χ0n) is 21.5. The molecule has 0 amide bonds. The van der Waals surface area contributed by atoms with Gasteiger partial charge in [-0.25, -0.2) is 23.5 Å².